The number of hydrogen-bond acceptors (Lipinski definition) is 2. The SMILES string of the molecule is CC(C)CN=C(NN)N1CC(C)CCC1C. The van der Waals surface area contributed by atoms with Crippen molar-refractivity contribution >= 4 is 5.96 Å². The Balaban J connectivity index is 2.66. The average Bonchev–Trinajstić information content (AvgIpc) is 2.23. The number of nitrogens with two attached hydrogens (primary N) is 1. The van der Waals surface area contributed by atoms with E-state index in [0.29, 0.717) is 12.0 Å². The van der Waals surface area contributed by atoms with E-state index < -0.39 is 0 Å². The minimum atomic E-state index is 0.540. The maximum atomic E-state index is 5.58. The average molecular weight is 226 g/mol. The van der Waals surface area contributed by atoms with Crippen LogP contribution < -0.4 is 11.3 Å². The molecule has 1 heterocycles. The Morgan fingerprint density at radius 1 is 1.44 bits per heavy atom. The van der Waals surface area contributed by atoms with Crippen LogP contribution in [0.5, 0.6) is 0 Å². The molecule has 0 bridgehead atoms. The highest BCUT2D eigenvalue weighted by atomic mass is 15.4. The van der Waals surface area contributed by atoms with E-state index >= 15 is 0 Å². The molecule has 4 heteroatoms. The normalized spacial score (nSPS) is 27.4. The number of nitrogens with one attached hydrogen (secondary N) is 1. The van der Waals surface area contributed by atoms with Crippen molar-refractivity contribution in [3.63, 3.8) is 0 Å². The first-order chi connectivity index (χ1) is 7.54. The van der Waals surface area contributed by atoms with Crippen LogP contribution in [0.4, 0.5) is 0 Å². The second kappa shape index (κ2) is 6.09. The zero-order chi connectivity index (χ0) is 12.1. The van der Waals surface area contributed by atoms with Gasteiger partial charge >= 0.3 is 0 Å². The summed E-state index contributed by atoms with van der Waals surface area (Å²) in [4.78, 5) is 6.86. The minimum absolute atomic E-state index is 0.540. The standard InChI is InChI=1S/C12H26N4/c1-9(2)7-14-12(15-13)16-8-10(3)5-6-11(16)4/h9-11H,5-8,13H2,1-4H3,(H,14,15). The van der Waals surface area contributed by atoms with Gasteiger partial charge in [0.25, 0.3) is 0 Å². The first-order valence-electron chi connectivity index (χ1n) is 6.32. The van der Waals surface area contributed by atoms with Crippen LogP contribution >= 0.6 is 0 Å². The Morgan fingerprint density at radius 2 is 2.12 bits per heavy atom. The molecule has 1 rings (SSSR count). The maximum Gasteiger partial charge on any atom is 0.208 e. The number of rotatable bonds is 2. The van der Waals surface area contributed by atoms with Crippen molar-refractivity contribution in [2.75, 3.05) is 13.1 Å². The second-order valence-corrected chi connectivity index (χ2v) is 5.39. The molecule has 0 radical (unpaired) electrons. The van der Waals surface area contributed by atoms with E-state index in [1.807, 2.05) is 0 Å². The Kier molecular flexibility index (Phi) is 5.06. The molecule has 1 fully saturated rings. The van der Waals surface area contributed by atoms with Gasteiger partial charge in [-0.05, 0) is 31.6 Å². The van der Waals surface area contributed by atoms with Gasteiger partial charge in [-0.3, -0.25) is 10.4 Å². The van der Waals surface area contributed by atoms with Crippen molar-refractivity contribution in [2.24, 2.45) is 22.7 Å². The summed E-state index contributed by atoms with van der Waals surface area (Å²) in [6, 6.07) is 0.540. The highest BCUT2D eigenvalue weighted by Gasteiger charge is 2.25. The van der Waals surface area contributed by atoms with Crippen LogP contribution in [0, 0.1) is 11.8 Å². The van der Waals surface area contributed by atoms with Gasteiger partial charge in [0.1, 0.15) is 0 Å². The quantitative estimate of drug-likeness (QED) is 0.325. The Morgan fingerprint density at radius 3 is 2.69 bits per heavy atom. The van der Waals surface area contributed by atoms with Crippen molar-refractivity contribution in [2.45, 2.75) is 46.6 Å². The minimum Gasteiger partial charge on any atom is -0.339 e. The smallest absolute Gasteiger partial charge is 0.208 e. The number of likely N-dealkylation sites (tertiary alicyclic amines) is 1. The van der Waals surface area contributed by atoms with Crippen molar-refractivity contribution in [1.29, 1.82) is 0 Å². The van der Waals surface area contributed by atoms with Gasteiger partial charge in [0.15, 0.2) is 0 Å². The van der Waals surface area contributed by atoms with Gasteiger partial charge in [-0.15, -0.1) is 0 Å². The van der Waals surface area contributed by atoms with E-state index in [-0.39, 0.29) is 0 Å². The lowest BCUT2D eigenvalue weighted by Gasteiger charge is -2.38. The van der Waals surface area contributed by atoms with Crippen molar-refractivity contribution in [1.82, 2.24) is 10.3 Å². The van der Waals surface area contributed by atoms with Gasteiger partial charge < -0.3 is 4.90 Å². The molecule has 2 unspecified atom stereocenters. The topological polar surface area (TPSA) is 53.6 Å². The molecule has 1 saturated heterocycles. The van der Waals surface area contributed by atoms with Crippen LogP contribution in [0.25, 0.3) is 0 Å². The molecule has 1 aliphatic rings. The molecule has 1 aliphatic heterocycles. The number of nitrogens with zero attached hydrogens (tertiary/aromatic N) is 2. The molecular weight excluding hydrogens is 200 g/mol. The van der Waals surface area contributed by atoms with E-state index in [4.69, 9.17) is 5.84 Å². The highest BCUT2D eigenvalue weighted by molar-refractivity contribution is 5.79. The van der Waals surface area contributed by atoms with Crippen molar-refractivity contribution in [3.8, 4) is 0 Å². The molecule has 16 heavy (non-hydrogen) atoms. The van der Waals surface area contributed by atoms with Crippen LogP contribution in [0.3, 0.4) is 0 Å². The molecule has 0 aromatic heterocycles. The van der Waals surface area contributed by atoms with Crippen molar-refractivity contribution in [3.05, 3.63) is 0 Å². The fourth-order valence-corrected chi connectivity index (χ4v) is 2.07. The zero-order valence-electron chi connectivity index (χ0n) is 11.0. The fraction of sp³-hybridized carbons (Fsp3) is 0.917. The third-order valence-corrected chi connectivity index (χ3v) is 3.13. The molecule has 0 saturated carbocycles. The van der Waals surface area contributed by atoms with Crippen molar-refractivity contribution < 1.29 is 0 Å². The lowest BCUT2D eigenvalue weighted by Crippen LogP contribution is -2.52. The fourth-order valence-electron chi connectivity index (χ4n) is 2.07. The predicted octanol–water partition coefficient (Wildman–Crippen LogP) is 1.58. The lowest BCUT2D eigenvalue weighted by atomic mass is 9.95. The van der Waals surface area contributed by atoms with Gasteiger partial charge in [0.05, 0.1) is 0 Å². The maximum absolute atomic E-state index is 5.58. The third-order valence-electron chi connectivity index (χ3n) is 3.13. The van der Waals surface area contributed by atoms with Gasteiger partial charge in [-0.1, -0.05) is 20.8 Å². The van der Waals surface area contributed by atoms with E-state index in [9.17, 15) is 0 Å². The van der Waals surface area contributed by atoms with Gasteiger partial charge in [0, 0.05) is 19.1 Å². The molecule has 94 valence electrons. The Hall–Kier alpha value is -0.770. The summed E-state index contributed by atoms with van der Waals surface area (Å²) in [7, 11) is 0. The van der Waals surface area contributed by atoms with Crippen LogP contribution in [0.15, 0.2) is 4.99 Å². The number of hydrazine groups is 1. The van der Waals surface area contributed by atoms with Crippen LogP contribution in [-0.2, 0) is 0 Å². The second-order valence-electron chi connectivity index (χ2n) is 5.39. The molecule has 3 N–H and O–H groups in total. The van der Waals surface area contributed by atoms with E-state index in [0.717, 1.165) is 25.0 Å². The summed E-state index contributed by atoms with van der Waals surface area (Å²) in [6.45, 7) is 10.8. The van der Waals surface area contributed by atoms with Gasteiger partial charge in [-0.25, -0.2) is 5.84 Å². The summed E-state index contributed by atoms with van der Waals surface area (Å²) in [5.41, 5.74) is 2.75. The Bertz CT molecular complexity index is 237. The molecule has 0 amide bonds. The number of hydrogen-bond donors (Lipinski definition) is 2. The summed E-state index contributed by atoms with van der Waals surface area (Å²) in [5.74, 6) is 7.73. The number of piperidine rings is 1. The first kappa shape index (κ1) is 13.3. The van der Waals surface area contributed by atoms with Crippen LogP contribution in [0.2, 0.25) is 0 Å². The predicted molar refractivity (Wildman–Crippen MR) is 69.0 cm³/mol. The Labute approximate surface area is 99.3 Å². The van der Waals surface area contributed by atoms with E-state index in [1.54, 1.807) is 0 Å². The van der Waals surface area contributed by atoms with Gasteiger partial charge in [0.2, 0.25) is 5.96 Å². The molecular formula is C12H26N4. The zero-order valence-corrected chi connectivity index (χ0v) is 11.0. The first-order valence-corrected chi connectivity index (χ1v) is 6.32. The molecule has 2 atom stereocenters. The molecule has 0 aliphatic carbocycles. The monoisotopic (exact) mass is 226 g/mol. The lowest BCUT2D eigenvalue weighted by molar-refractivity contribution is 0.200. The molecule has 0 aromatic carbocycles. The summed E-state index contributed by atoms with van der Waals surface area (Å²) in [6.07, 6.45) is 2.53. The third kappa shape index (κ3) is 3.67. The summed E-state index contributed by atoms with van der Waals surface area (Å²) >= 11 is 0. The van der Waals surface area contributed by atoms with Gasteiger partial charge in [-0.2, -0.15) is 0 Å². The number of guanidine groups is 1. The molecule has 0 spiro atoms. The molecule has 4 nitrogen and oxygen atoms in total. The largest absolute Gasteiger partial charge is 0.339 e. The highest BCUT2D eigenvalue weighted by Crippen LogP contribution is 2.21. The van der Waals surface area contributed by atoms with Crippen LogP contribution in [-0.4, -0.2) is 30.0 Å². The summed E-state index contributed by atoms with van der Waals surface area (Å²) in [5, 5.41) is 0. The van der Waals surface area contributed by atoms with Crippen LogP contribution in [0.1, 0.15) is 40.5 Å². The summed E-state index contributed by atoms with van der Waals surface area (Å²) < 4.78 is 0. The van der Waals surface area contributed by atoms with E-state index in [1.165, 1.54) is 12.8 Å². The number of aliphatic imine (C=N–C) groups is 1. The molecule has 0 aromatic rings. The van der Waals surface area contributed by atoms with E-state index in [2.05, 4.69) is 43.0 Å².